The smallest absolute Gasteiger partial charge is 0.0771 e. The molecule has 3 aliphatic rings. The Hall–Kier alpha value is -0.120. The highest BCUT2D eigenvalue weighted by atomic mass is 16.3. The predicted octanol–water partition coefficient (Wildman–Crippen LogP) is 2.14. The van der Waals surface area contributed by atoms with Gasteiger partial charge in [0.15, 0.2) is 0 Å². The zero-order chi connectivity index (χ0) is 13.3. The molecule has 2 saturated carbocycles. The van der Waals surface area contributed by atoms with E-state index in [0.717, 1.165) is 31.3 Å². The van der Waals surface area contributed by atoms with Gasteiger partial charge < -0.3 is 10.4 Å². The first kappa shape index (κ1) is 13.8. The summed E-state index contributed by atoms with van der Waals surface area (Å²) in [5.74, 6) is 0.858. The van der Waals surface area contributed by atoms with Gasteiger partial charge in [-0.15, -0.1) is 0 Å². The molecule has 1 unspecified atom stereocenters. The molecule has 0 spiro atoms. The molecular formula is C16H30N2O. The summed E-state index contributed by atoms with van der Waals surface area (Å²) in [6.45, 7) is 5.56. The van der Waals surface area contributed by atoms with Crippen LogP contribution < -0.4 is 5.32 Å². The first-order chi connectivity index (χ1) is 9.18. The van der Waals surface area contributed by atoms with Gasteiger partial charge in [0, 0.05) is 31.7 Å². The van der Waals surface area contributed by atoms with Crippen molar-refractivity contribution in [1.82, 2.24) is 10.2 Å². The molecule has 3 rings (SSSR count). The second-order valence-electron chi connectivity index (χ2n) is 7.17. The molecule has 0 amide bonds. The Morgan fingerprint density at radius 2 is 1.89 bits per heavy atom. The predicted molar refractivity (Wildman–Crippen MR) is 78.2 cm³/mol. The van der Waals surface area contributed by atoms with Gasteiger partial charge in [-0.25, -0.2) is 0 Å². The van der Waals surface area contributed by atoms with Gasteiger partial charge >= 0.3 is 0 Å². The minimum atomic E-state index is -0.418. The maximum atomic E-state index is 10.7. The lowest BCUT2D eigenvalue weighted by atomic mass is 9.78. The van der Waals surface area contributed by atoms with Gasteiger partial charge in [-0.2, -0.15) is 0 Å². The van der Waals surface area contributed by atoms with E-state index < -0.39 is 5.60 Å². The van der Waals surface area contributed by atoms with Crippen molar-refractivity contribution in [3.63, 3.8) is 0 Å². The largest absolute Gasteiger partial charge is 0.389 e. The molecule has 1 heterocycles. The average molecular weight is 266 g/mol. The van der Waals surface area contributed by atoms with Crippen LogP contribution in [0, 0.1) is 5.92 Å². The molecule has 0 aromatic heterocycles. The minimum absolute atomic E-state index is 0.418. The Labute approximate surface area is 117 Å². The van der Waals surface area contributed by atoms with Crippen molar-refractivity contribution in [3.05, 3.63) is 0 Å². The molecule has 3 nitrogen and oxygen atoms in total. The summed E-state index contributed by atoms with van der Waals surface area (Å²) >= 11 is 0. The van der Waals surface area contributed by atoms with Crippen LogP contribution >= 0.6 is 0 Å². The van der Waals surface area contributed by atoms with E-state index in [4.69, 9.17) is 0 Å². The van der Waals surface area contributed by atoms with Crippen LogP contribution in [0.25, 0.3) is 0 Å². The molecule has 3 heteroatoms. The van der Waals surface area contributed by atoms with Crippen LogP contribution in [0.4, 0.5) is 0 Å². The summed E-state index contributed by atoms with van der Waals surface area (Å²) in [4.78, 5) is 2.63. The van der Waals surface area contributed by atoms with Gasteiger partial charge in [0.25, 0.3) is 0 Å². The van der Waals surface area contributed by atoms with Gasteiger partial charge in [0.1, 0.15) is 0 Å². The van der Waals surface area contributed by atoms with Crippen molar-refractivity contribution in [3.8, 4) is 0 Å². The second kappa shape index (κ2) is 5.71. The maximum Gasteiger partial charge on any atom is 0.0771 e. The lowest BCUT2D eigenvalue weighted by Crippen LogP contribution is -2.47. The van der Waals surface area contributed by atoms with Crippen LogP contribution in [0.15, 0.2) is 0 Å². The van der Waals surface area contributed by atoms with E-state index in [0.29, 0.717) is 6.04 Å². The molecule has 1 saturated heterocycles. The Morgan fingerprint density at radius 1 is 1.16 bits per heavy atom. The molecule has 0 aromatic carbocycles. The number of nitrogens with one attached hydrogen (secondary N) is 1. The molecule has 0 radical (unpaired) electrons. The molecule has 2 N–H and O–H groups in total. The molecule has 0 bridgehead atoms. The standard InChI is InChI=1S/C16H30N2O/c1-2-13-5-8-16(19,9-6-13)12-17-14-7-10-18(11-14)15-3-4-15/h13-15,17,19H,2-12H2,1H3. The van der Waals surface area contributed by atoms with E-state index >= 15 is 0 Å². The molecule has 19 heavy (non-hydrogen) atoms. The molecule has 1 aliphatic heterocycles. The minimum Gasteiger partial charge on any atom is -0.389 e. The van der Waals surface area contributed by atoms with Crippen LogP contribution in [0.1, 0.15) is 58.3 Å². The van der Waals surface area contributed by atoms with E-state index in [1.165, 1.54) is 51.6 Å². The molecular weight excluding hydrogens is 236 g/mol. The highest BCUT2D eigenvalue weighted by Crippen LogP contribution is 2.34. The van der Waals surface area contributed by atoms with E-state index in [9.17, 15) is 5.11 Å². The third-order valence-corrected chi connectivity index (χ3v) is 5.62. The number of nitrogens with zero attached hydrogens (tertiary/aromatic N) is 1. The third-order valence-electron chi connectivity index (χ3n) is 5.62. The fourth-order valence-corrected chi connectivity index (χ4v) is 3.86. The van der Waals surface area contributed by atoms with Crippen molar-refractivity contribution in [2.45, 2.75) is 76.0 Å². The zero-order valence-electron chi connectivity index (χ0n) is 12.4. The number of hydrogen-bond donors (Lipinski definition) is 2. The van der Waals surface area contributed by atoms with Crippen molar-refractivity contribution in [2.75, 3.05) is 19.6 Å². The Balaban J connectivity index is 1.39. The highest BCUT2D eigenvalue weighted by molar-refractivity contribution is 4.94. The maximum absolute atomic E-state index is 10.7. The van der Waals surface area contributed by atoms with E-state index in [-0.39, 0.29) is 0 Å². The number of likely N-dealkylation sites (tertiary alicyclic amines) is 1. The van der Waals surface area contributed by atoms with Crippen molar-refractivity contribution in [2.24, 2.45) is 5.92 Å². The van der Waals surface area contributed by atoms with Crippen molar-refractivity contribution < 1.29 is 5.11 Å². The monoisotopic (exact) mass is 266 g/mol. The van der Waals surface area contributed by atoms with Gasteiger partial charge in [-0.3, -0.25) is 4.90 Å². The number of hydrogen-bond acceptors (Lipinski definition) is 3. The molecule has 110 valence electrons. The van der Waals surface area contributed by atoms with E-state index in [1.807, 2.05) is 0 Å². The second-order valence-corrected chi connectivity index (χ2v) is 7.17. The zero-order valence-corrected chi connectivity index (χ0v) is 12.4. The Morgan fingerprint density at radius 3 is 2.53 bits per heavy atom. The molecule has 3 fully saturated rings. The van der Waals surface area contributed by atoms with Crippen molar-refractivity contribution >= 4 is 0 Å². The average Bonchev–Trinajstić information content (AvgIpc) is 3.17. The summed E-state index contributed by atoms with van der Waals surface area (Å²) in [5, 5.41) is 14.3. The van der Waals surface area contributed by atoms with Gasteiger partial charge in [0.05, 0.1) is 5.60 Å². The fraction of sp³-hybridized carbons (Fsp3) is 1.00. The fourth-order valence-electron chi connectivity index (χ4n) is 3.86. The normalized spacial score (nSPS) is 40.7. The van der Waals surface area contributed by atoms with Crippen LogP contribution in [-0.4, -0.2) is 47.3 Å². The first-order valence-corrected chi connectivity index (χ1v) is 8.38. The Kier molecular flexibility index (Phi) is 4.16. The molecule has 1 atom stereocenters. The summed E-state index contributed by atoms with van der Waals surface area (Å²) in [7, 11) is 0. The SMILES string of the molecule is CCC1CCC(O)(CNC2CCN(C3CC3)C2)CC1. The number of rotatable bonds is 5. The molecule has 0 aromatic rings. The van der Waals surface area contributed by atoms with Crippen LogP contribution in [0.5, 0.6) is 0 Å². The van der Waals surface area contributed by atoms with Gasteiger partial charge in [-0.05, 0) is 50.9 Å². The van der Waals surface area contributed by atoms with Crippen molar-refractivity contribution in [1.29, 1.82) is 0 Å². The highest BCUT2D eigenvalue weighted by Gasteiger charge is 2.36. The quantitative estimate of drug-likeness (QED) is 0.800. The topological polar surface area (TPSA) is 35.5 Å². The summed E-state index contributed by atoms with van der Waals surface area (Å²) in [5.41, 5.74) is -0.418. The van der Waals surface area contributed by atoms with Crippen LogP contribution in [-0.2, 0) is 0 Å². The van der Waals surface area contributed by atoms with Crippen LogP contribution in [0.3, 0.4) is 0 Å². The summed E-state index contributed by atoms with van der Waals surface area (Å²) in [6, 6.07) is 1.52. The van der Waals surface area contributed by atoms with Gasteiger partial charge in [0.2, 0.25) is 0 Å². The first-order valence-electron chi connectivity index (χ1n) is 8.38. The van der Waals surface area contributed by atoms with Gasteiger partial charge in [-0.1, -0.05) is 13.3 Å². The van der Waals surface area contributed by atoms with E-state index in [2.05, 4.69) is 17.1 Å². The Bertz CT molecular complexity index is 295. The lowest BCUT2D eigenvalue weighted by molar-refractivity contribution is -0.0104. The summed E-state index contributed by atoms with van der Waals surface area (Å²) in [6.07, 6.45) is 9.80. The lowest BCUT2D eigenvalue weighted by Gasteiger charge is -2.36. The molecule has 2 aliphatic carbocycles. The third kappa shape index (κ3) is 3.50. The van der Waals surface area contributed by atoms with E-state index in [1.54, 1.807) is 0 Å². The number of aliphatic hydroxyl groups is 1. The van der Waals surface area contributed by atoms with Crippen LogP contribution in [0.2, 0.25) is 0 Å². The summed E-state index contributed by atoms with van der Waals surface area (Å²) < 4.78 is 0.